The summed E-state index contributed by atoms with van der Waals surface area (Å²) in [7, 11) is -1.06. The van der Waals surface area contributed by atoms with E-state index in [1.54, 1.807) is 43.5 Å². The lowest BCUT2D eigenvalue weighted by atomic mass is 10.1. The van der Waals surface area contributed by atoms with E-state index in [1.807, 2.05) is 0 Å². The number of rotatable bonds is 5. The molecule has 2 rings (SSSR count). The first-order chi connectivity index (χ1) is 10.9. The lowest BCUT2D eigenvalue weighted by molar-refractivity contribution is -0.385. The van der Waals surface area contributed by atoms with Crippen LogP contribution in [-0.4, -0.2) is 21.3 Å². The SMILES string of the molecule is C[C@@H](NC(=O)c1ccccc1[N+](=O)[O-])c1ccc([S@](C)=O)cc1. The summed E-state index contributed by atoms with van der Waals surface area (Å²) in [6.07, 6.45) is 1.59. The maximum atomic E-state index is 12.3. The van der Waals surface area contributed by atoms with Gasteiger partial charge in [0.15, 0.2) is 0 Å². The van der Waals surface area contributed by atoms with Crippen molar-refractivity contribution in [2.75, 3.05) is 6.26 Å². The smallest absolute Gasteiger partial charge is 0.282 e. The van der Waals surface area contributed by atoms with Crippen LogP contribution in [0.2, 0.25) is 0 Å². The largest absolute Gasteiger partial charge is 0.345 e. The Labute approximate surface area is 136 Å². The maximum absolute atomic E-state index is 12.3. The Kier molecular flexibility index (Phi) is 5.23. The normalized spacial score (nSPS) is 13.1. The predicted molar refractivity (Wildman–Crippen MR) is 87.8 cm³/mol. The molecule has 0 aliphatic carbocycles. The van der Waals surface area contributed by atoms with Gasteiger partial charge in [0.25, 0.3) is 11.6 Å². The molecule has 2 atom stereocenters. The molecular formula is C16H16N2O4S. The van der Waals surface area contributed by atoms with Crippen molar-refractivity contribution in [2.45, 2.75) is 17.9 Å². The highest BCUT2D eigenvalue weighted by Gasteiger charge is 2.20. The summed E-state index contributed by atoms with van der Waals surface area (Å²) >= 11 is 0. The van der Waals surface area contributed by atoms with Crippen LogP contribution in [0.4, 0.5) is 5.69 Å². The number of carbonyl (C=O) groups is 1. The molecule has 0 aliphatic rings. The first-order valence-electron chi connectivity index (χ1n) is 6.88. The van der Waals surface area contributed by atoms with Crippen LogP contribution >= 0.6 is 0 Å². The molecule has 1 N–H and O–H groups in total. The second kappa shape index (κ2) is 7.15. The molecule has 23 heavy (non-hydrogen) atoms. The fourth-order valence-corrected chi connectivity index (χ4v) is 2.65. The molecule has 0 bridgehead atoms. The third-order valence-corrected chi connectivity index (χ3v) is 4.34. The second-order valence-corrected chi connectivity index (χ2v) is 6.37. The molecule has 0 unspecified atom stereocenters. The number of nitrogens with zero attached hydrogens (tertiary/aromatic N) is 1. The summed E-state index contributed by atoms with van der Waals surface area (Å²) in [5.41, 5.74) is 0.621. The van der Waals surface area contributed by atoms with Crippen LogP contribution in [0.25, 0.3) is 0 Å². The van der Waals surface area contributed by atoms with Crippen molar-refractivity contribution in [1.29, 1.82) is 0 Å². The van der Waals surface area contributed by atoms with Crippen LogP contribution in [0.3, 0.4) is 0 Å². The zero-order valence-corrected chi connectivity index (χ0v) is 13.5. The molecule has 1 amide bonds. The van der Waals surface area contributed by atoms with Gasteiger partial charge in [-0.15, -0.1) is 0 Å². The van der Waals surface area contributed by atoms with E-state index in [0.29, 0.717) is 4.90 Å². The zero-order chi connectivity index (χ0) is 17.0. The summed E-state index contributed by atoms with van der Waals surface area (Å²) in [4.78, 5) is 23.4. The molecule has 7 heteroatoms. The minimum atomic E-state index is -1.06. The Morgan fingerprint density at radius 3 is 2.35 bits per heavy atom. The van der Waals surface area contributed by atoms with Crippen molar-refractivity contribution in [3.05, 3.63) is 69.8 Å². The number of nitro benzene ring substituents is 1. The number of nitro groups is 1. The van der Waals surface area contributed by atoms with Crippen molar-refractivity contribution in [2.24, 2.45) is 0 Å². The number of para-hydroxylation sites is 1. The molecule has 0 fully saturated rings. The highest BCUT2D eigenvalue weighted by atomic mass is 32.2. The van der Waals surface area contributed by atoms with Gasteiger partial charge in [0, 0.05) is 28.0 Å². The molecule has 0 aromatic heterocycles. The summed E-state index contributed by atoms with van der Waals surface area (Å²) in [6.45, 7) is 1.78. The van der Waals surface area contributed by atoms with Crippen molar-refractivity contribution in [1.82, 2.24) is 5.32 Å². The molecular weight excluding hydrogens is 316 g/mol. The molecule has 2 aromatic rings. The van der Waals surface area contributed by atoms with Gasteiger partial charge in [-0.05, 0) is 30.7 Å². The number of benzene rings is 2. The summed E-state index contributed by atoms with van der Waals surface area (Å²) in [5.74, 6) is -0.507. The molecule has 0 spiro atoms. The van der Waals surface area contributed by atoms with Crippen LogP contribution in [0.1, 0.15) is 28.9 Å². The van der Waals surface area contributed by atoms with Gasteiger partial charge in [-0.25, -0.2) is 0 Å². The summed E-state index contributed by atoms with van der Waals surface area (Å²) in [5, 5.41) is 13.7. The van der Waals surface area contributed by atoms with E-state index >= 15 is 0 Å². The van der Waals surface area contributed by atoms with E-state index in [4.69, 9.17) is 0 Å². The number of hydrogen-bond donors (Lipinski definition) is 1. The summed E-state index contributed by atoms with van der Waals surface area (Å²) < 4.78 is 11.4. The monoisotopic (exact) mass is 332 g/mol. The van der Waals surface area contributed by atoms with Crippen molar-refractivity contribution >= 4 is 22.4 Å². The Balaban J connectivity index is 2.17. The van der Waals surface area contributed by atoms with Crippen LogP contribution in [0.5, 0.6) is 0 Å². The maximum Gasteiger partial charge on any atom is 0.282 e. The van der Waals surface area contributed by atoms with Gasteiger partial charge < -0.3 is 5.32 Å². The van der Waals surface area contributed by atoms with E-state index in [-0.39, 0.29) is 17.3 Å². The first kappa shape index (κ1) is 16.8. The molecule has 0 saturated heterocycles. The van der Waals surface area contributed by atoms with E-state index in [2.05, 4.69) is 5.32 Å². The fraction of sp³-hybridized carbons (Fsp3) is 0.188. The number of carbonyl (C=O) groups excluding carboxylic acids is 1. The molecule has 0 heterocycles. The predicted octanol–water partition coefficient (Wildman–Crippen LogP) is 2.82. The molecule has 0 aliphatic heterocycles. The standard InChI is InChI=1S/C16H16N2O4S/c1-11(12-7-9-13(10-8-12)23(2)22)17-16(19)14-5-3-4-6-15(14)18(20)21/h3-11H,1-2H3,(H,17,19)/t11-,23+/m1/s1. The quantitative estimate of drug-likeness (QED) is 0.673. The average Bonchev–Trinajstić information content (AvgIpc) is 2.54. The average molecular weight is 332 g/mol. The topological polar surface area (TPSA) is 89.3 Å². The molecule has 120 valence electrons. The lowest BCUT2D eigenvalue weighted by Gasteiger charge is -2.14. The van der Waals surface area contributed by atoms with Crippen LogP contribution < -0.4 is 5.32 Å². The van der Waals surface area contributed by atoms with Crippen molar-refractivity contribution in [3.63, 3.8) is 0 Å². The van der Waals surface area contributed by atoms with Gasteiger partial charge in [0.2, 0.25) is 0 Å². The molecule has 2 aromatic carbocycles. The second-order valence-electron chi connectivity index (χ2n) is 4.99. The Morgan fingerprint density at radius 1 is 1.17 bits per heavy atom. The molecule has 6 nitrogen and oxygen atoms in total. The first-order valence-corrected chi connectivity index (χ1v) is 8.43. The summed E-state index contributed by atoms with van der Waals surface area (Å²) in [6, 6.07) is 12.5. The number of hydrogen-bond acceptors (Lipinski definition) is 4. The molecule has 0 radical (unpaired) electrons. The van der Waals surface area contributed by atoms with Gasteiger partial charge in [-0.1, -0.05) is 24.3 Å². The molecule has 0 saturated carbocycles. The van der Waals surface area contributed by atoms with Crippen molar-refractivity contribution in [3.8, 4) is 0 Å². The Bertz CT molecular complexity index is 759. The highest BCUT2D eigenvalue weighted by Crippen LogP contribution is 2.20. The minimum absolute atomic E-state index is 0.0237. The van der Waals surface area contributed by atoms with E-state index in [1.165, 1.54) is 18.2 Å². The van der Waals surface area contributed by atoms with Crippen LogP contribution in [0.15, 0.2) is 53.4 Å². The number of nitrogens with one attached hydrogen (secondary N) is 1. The van der Waals surface area contributed by atoms with Crippen LogP contribution in [-0.2, 0) is 10.8 Å². The zero-order valence-electron chi connectivity index (χ0n) is 12.7. The Morgan fingerprint density at radius 2 is 1.78 bits per heavy atom. The lowest BCUT2D eigenvalue weighted by Crippen LogP contribution is -2.27. The van der Waals surface area contributed by atoms with Gasteiger partial charge in [0.05, 0.1) is 11.0 Å². The van der Waals surface area contributed by atoms with Gasteiger partial charge in [-0.2, -0.15) is 0 Å². The van der Waals surface area contributed by atoms with Gasteiger partial charge >= 0.3 is 0 Å². The van der Waals surface area contributed by atoms with E-state index in [9.17, 15) is 19.1 Å². The third-order valence-electron chi connectivity index (χ3n) is 3.40. The van der Waals surface area contributed by atoms with Crippen LogP contribution in [0, 0.1) is 10.1 Å². The third kappa shape index (κ3) is 4.01. The number of amides is 1. The van der Waals surface area contributed by atoms with Gasteiger partial charge in [-0.3, -0.25) is 19.1 Å². The van der Waals surface area contributed by atoms with Gasteiger partial charge in [0.1, 0.15) is 5.56 Å². The van der Waals surface area contributed by atoms with E-state index < -0.39 is 21.6 Å². The van der Waals surface area contributed by atoms with E-state index in [0.717, 1.165) is 5.56 Å². The highest BCUT2D eigenvalue weighted by molar-refractivity contribution is 7.84. The Hall–Kier alpha value is -2.54. The van der Waals surface area contributed by atoms with Crippen molar-refractivity contribution < 1.29 is 13.9 Å². The fourth-order valence-electron chi connectivity index (χ4n) is 2.13. The minimum Gasteiger partial charge on any atom is -0.345 e.